The molecule has 0 aliphatic carbocycles. The Hall–Kier alpha value is 0.540. The molecule has 0 aromatic rings. The number of carbonyl (C=O) groups is 1. The number of aldehydes is 1. The van der Waals surface area contributed by atoms with E-state index in [9.17, 15) is 4.79 Å². The van der Waals surface area contributed by atoms with Crippen molar-refractivity contribution >= 4 is 23.1 Å². The van der Waals surface area contributed by atoms with Crippen LogP contribution in [-0.4, -0.2) is 97.5 Å². The Bertz CT molecular complexity index is 364. The molecule has 0 N–H and O–H groups in total. The van der Waals surface area contributed by atoms with Crippen molar-refractivity contribution in [3.63, 3.8) is 0 Å². The van der Waals surface area contributed by atoms with Gasteiger partial charge >= 0.3 is 59.1 Å². The Morgan fingerprint density at radius 3 is 1.17 bits per heavy atom. The van der Waals surface area contributed by atoms with Crippen LogP contribution in [0.3, 0.4) is 0 Å². The number of rotatable bonds is 20. The van der Waals surface area contributed by atoms with Crippen LogP contribution in [0.15, 0.2) is 0 Å². The Morgan fingerprint density at radius 1 is 0.585 bits per heavy atom. The first-order valence-corrected chi connectivity index (χ1v) is 13.2. The normalized spacial score (nSPS) is 8.02. The molecule has 0 unspecified atom stereocenters. The topological polar surface area (TPSA) is 120 Å². The first kappa shape index (κ1) is 68.6. The monoisotopic (exact) mass is 602 g/mol. The fraction of sp³-hybridized carbons (Fsp3) is 0.893. The fourth-order valence-electron chi connectivity index (χ4n) is 2.28. The molecule has 0 aliphatic heterocycles. The average Bonchev–Trinajstić information content (AvgIpc) is 2.93. The molecule has 0 atom stereocenters. The van der Waals surface area contributed by atoms with Gasteiger partial charge in [-0.25, -0.2) is 0 Å². The molecule has 0 saturated carbocycles. The molecule has 0 aromatic carbocycles. The molecule has 0 amide bonds. The Morgan fingerprint density at radius 2 is 0.902 bits per heavy atom. The molecule has 9 nitrogen and oxygen atoms in total. The van der Waals surface area contributed by atoms with Crippen molar-refractivity contribution in [3.8, 4) is 0 Å². The summed E-state index contributed by atoms with van der Waals surface area (Å²) in [7, 11) is 6.83. The minimum Gasteiger partial charge on any atom is -0.512 e. The Labute approximate surface area is 303 Å². The predicted molar refractivity (Wildman–Crippen MR) is 160 cm³/mol. The van der Waals surface area contributed by atoms with E-state index in [0.29, 0.717) is 26.2 Å². The van der Waals surface area contributed by atoms with E-state index in [1.165, 1.54) is 38.5 Å². The minimum absolute atomic E-state index is 0. The van der Waals surface area contributed by atoms with Gasteiger partial charge < -0.3 is 56.9 Å². The third kappa shape index (κ3) is 109. The van der Waals surface area contributed by atoms with E-state index in [1.54, 1.807) is 28.4 Å². The summed E-state index contributed by atoms with van der Waals surface area (Å²) in [5.41, 5.74) is 0. The number of ether oxygens (including phenoxy) is 6. The molecule has 230 valence electrons. The van der Waals surface area contributed by atoms with Gasteiger partial charge in [0.25, 0.3) is 0 Å². The standard InChI is InChI=1S/C9H20O3.2C6H14O.C5H10O2.2CN.2B.2Na/c1-4-11-9(12-5-2)7-6-8-10-3;2*1-3-4-5-6-7-2;1-7-5-3-2-4-6;2*1-2;;;;/h9H,4-8H2,1-3H3;2*3-6H2,1-2H3;4H,2-3,5H2,1H3;;;;;;/q;;;;2*-1;;;2*+1. The molecule has 41 heavy (non-hydrogen) atoms. The molecule has 0 fully saturated rings. The summed E-state index contributed by atoms with van der Waals surface area (Å²) < 4.78 is 30.0. The van der Waals surface area contributed by atoms with Crippen LogP contribution in [0, 0.1) is 23.7 Å². The predicted octanol–water partition coefficient (Wildman–Crippen LogP) is -0.491. The van der Waals surface area contributed by atoms with Crippen molar-refractivity contribution in [2.24, 2.45) is 0 Å². The van der Waals surface area contributed by atoms with Gasteiger partial charge in [-0.15, -0.1) is 0 Å². The molecule has 0 spiro atoms. The average molecular weight is 602 g/mol. The van der Waals surface area contributed by atoms with Gasteiger partial charge in [0.15, 0.2) is 6.29 Å². The first-order valence-electron chi connectivity index (χ1n) is 13.2. The van der Waals surface area contributed by atoms with Crippen molar-refractivity contribution in [2.45, 2.75) is 98.2 Å². The Balaban J connectivity index is -0.0000000372. The summed E-state index contributed by atoms with van der Waals surface area (Å²) in [6.07, 6.45) is 11.8. The van der Waals surface area contributed by atoms with Gasteiger partial charge in [0.1, 0.15) is 6.29 Å². The molecule has 13 heteroatoms. The van der Waals surface area contributed by atoms with Gasteiger partial charge in [-0.1, -0.05) is 39.5 Å². The van der Waals surface area contributed by atoms with Gasteiger partial charge in [0.2, 0.25) is 0 Å². The van der Waals surface area contributed by atoms with E-state index in [2.05, 4.69) is 18.6 Å². The van der Waals surface area contributed by atoms with Gasteiger partial charge in [-0.3, -0.25) is 0 Å². The van der Waals surface area contributed by atoms with E-state index in [1.807, 2.05) is 13.8 Å². The third-order valence-corrected chi connectivity index (χ3v) is 4.07. The summed E-state index contributed by atoms with van der Waals surface area (Å²) in [5, 5.41) is 12.5. The van der Waals surface area contributed by atoms with Crippen molar-refractivity contribution in [2.75, 3.05) is 68.1 Å². The smallest absolute Gasteiger partial charge is 0.512 e. The molecule has 0 saturated heterocycles. The zero-order chi connectivity index (χ0) is 29.8. The van der Waals surface area contributed by atoms with Gasteiger partial charge in [-0.05, 0) is 39.5 Å². The summed E-state index contributed by atoms with van der Waals surface area (Å²) in [6, 6.07) is 0. The largest absolute Gasteiger partial charge is 1.00 e. The summed E-state index contributed by atoms with van der Waals surface area (Å²) >= 11 is 0. The van der Waals surface area contributed by atoms with Gasteiger partial charge in [0, 0.05) is 97.7 Å². The number of methoxy groups -OCH3 is 4. The van der Waals surface area contributed by atoms with Crippen LogP contribution >= 0.6 is 0 Å². The number of hydrogen-bond acceptors (Lipinski definition) is 9. The van der Waals surface area contributed by atoms with Crippen LogP contribution in [0.1, 0.15) is 91.9 Å². The second-order valence-electron chi connectivity index (χ2n) is 7.18. The molecule has 0 heterocycles. The van der Waals surface area contributed by atoms with E-state index < -0.39 is 0 Å². The third-order valence-electron chi connectivity index (χ3n) is 4.07. The van der Waals surface area contributed by atoms with E-state index in [-0.39, 0.29) is 82.2 Å². The zero-order valence-electron chi connectivity index (χ0n) is 28.4. The molecular weight excluding hydrogens is 544 g/mol. The molecular formula is C28H58B2N2Na2O7. The van der Waals surface area contributed by atoms with E-state index in [0.717, 1.165) is 45.4 Å². The van der Waals surface area contributed by atoms with Crippen LogP contribution in [0.2, 0.25) is 0 Å². The minimum atomic E-state index is -0.0462. The quantitative estimate of drug-likeness (QED) is 0.0598. The van der Waals surface area contributed by atoms with Crippen LogP contribution in [0.4, 0.5) is 0 Å². The van der Waals surface area contributed by atoms with Crippen LogP contribution in [-0.2, 0) is 33.2 Å². The van der Waals surface area contributed by atoms with Crippen molar-refractivity contribution in [1.82, 2.24) is 0 Å². The van der Waals surface area contributed by atoms with Crippen molar-refractivity contribution in [3.05, 3.63) is 13.1 Å². The molecule has 0 bridgehead atoms. The fourth-order valence-corrected chi connectivity index (χ4v) is 2.28. The van der Waals surface area contributed by atoms with Crippen LogP contribution in [0.5, 0.6) is 0 Å². The SMILES string of the molecule is CCCCCOC.CCCCCOC.CCOC(CCCOC)OCC.COCCCC=O.[B].[B].[C-]#N.[C-]#N.[Na+].[Na+]. The maximum absolute atomic E-state index is 9.62. The molecule has 0 aromatic heterocycles. The number of hydrogen-bond donors (Lipinski definition) is 0. The van der Waals surface area contributed by atoms with Gasteiger partial charge in [0.05, 0.1) is 0 Å². The van der Waals surface area contributed by atoms with Crippen molar-refractivity contribution < 1.29 is 92.3 Å². The van der Waals surface area contributed by atoms with E-state index in [4.69, 9.17) is 47.4 Å². The number of carbonyl (C=O) groups excluding carboxylic acids is 1. The van der Waals surface area contributed by atoms with Crippen LogP contribution < -0.4 is 59.1 Å². The van der Waals surface area contributed by atoms with Crippen molar-refractivity contribution in [1.29, 1.82) is 10.5 Å². The van der Waals surface area contributed by atoms with E-state index >= 15 is 0 Å². The maximum Gasteiger partial charge on any atom is 1.00 e. The molecule has 0 aliphatic rings. The molecule has 0 rings (SSSR count). The maximum atomic E-state index is 9.62. The summed E-state index contributed by atoms with van der Waals surface area (Å²) in [5.74, 6) is 0. The second kappa shape index (κ2) is 90.0. The summed E-state index contributed by atoms with van der Waals surface area (Å²) in [6.45, 7) is 22.6. The zero-order valence-corrected chi connectivity index (χ0v) is 32.4. The first-order chi connectivity index (χ1) is 18.1. The molecule has 6 radical (unpaired) electrons. The van der Waals surface area contributed by atoms with Crippen LogP contribution in [0.25, 0.3) is 0 Å². The second-order valence-corrected chi connectivity index (χ2v) is 7.18. The van der Waals surface area contributed by atoms with Gasteiger partial charge in [-0.2, -0.15) is 0 Å². The Kier molecular flexibility index (Phi) is 151. The summed E-state index contributed by atoms with van der Waals surface area (Å²) in [4.78, 5) is 9.62. The number of unbranched alkanes of at least 4 members (excludes halogenated alkanes) is 5. The number of nitrogens with zero attached hydrogens (tertiary/aromatic N) is 2.